The summed E-state index contributed by atoms with van der Waals surface area (Å²) in [5.41, 5.74) is 2.21. The Kier molecular flexibility index (Phi) is 5.59. The molecular weight excluding hydrogens is 318 g/mol. The first-order valence-electron chi connectivity index (χ1n) is 6.53. The van der Waals surface area contributed by atoms with Gasteiger partial charge in [0.05, 0.1) is 0 Å². The summed E-state index contributed by atoms with van der Waals surface area (Å²) in [6, 6.07) is 13.8. The summed E-state index contributed by atoms with van der Waals surface area (Å²) in [4.78, 5) is 0. The molecule has 0 atom stereocenters. The van der Waals surface area contributed by atoms with Crippen LogP contribution in [-0.2, 0) is 13.0 Å². The Morgan fingerprint density at radius 2 is 1.90 bits per heavy atom. The molecule has 2 aromatic rings. The van der Waals surface area contributed by atoms with Gasteiger partial charge in [0.15, 0.2) is 0 Å². The minimum absolute atomic E-state index is 0.165. The van der Waals surface area contributed by atoms with Crippen molar-refractivity contribution in [1.82, 2.24) is 5.32 Å². The summed E-state index contributed by atoms with van der Waals surface area (Å²) >= 11 is 3.46. The van der Waals surface area contributed by atoms with E-state index < -0.39 is 0 Å². The Labute approximate surface area is 127 Å². The van der Waals surface area contributed by atoms with Gasteiger partial charge in [-0.2, -0.15) is 0 Å². The standard InChI is InChI=1S/C16H18BrNO2/c1-18-11-13-4-5-14(17)10-16(13)20-15-6-2-12(3-7-15)8-9-19/h2-7,10,18-19H,8-9,11H2,1H3. The third-order valence-corrected chi connectivity index (χ3v) is 3.44. The van der Waals surface area contributed by atoms with Crippen LogP contribution in [0.15, 0.2) is 46.9 Å². The second-order valence-electron chi connectivity index (χ2n) is 4.50. The van der Waals surface area contributed by atoms with E-state index in [2.05, 4.69) is 21.2 Å². The average molecular weight is 336 g/mol. The summed E-state index contributed by atoms with van der Waals surface area (Å²) in [5.74, 6) is 1.63. The molecule has 2 N–H and O–H groups in total. The molecule has 0 aliphatic heterocycles. The van der Waals surface area contributed by atoms with Crippen LogP contribution >= 0.6 is 15.9 Å². The fourth-order valence-electron chi connectivity index (χ4n) is 1.94. The van der Waals surface area contributed by atoms with Gasteiger partial charge in [0, 0.05) is 23.2 Å². The Bertz CT molecular complexity index is 555. The van der Waals surface area contributed by atoms with Gasteiger partial charge in [-0.15, -0.1) is 0 Å². The van der Waals surface area contributed by atoms with E-state index in [-0.39, 0.29) is 6.61 Å². The van der Waals surface area contributed by atoms with Gasteiger partial charge in [-0.25, -0.2) is 0 Å². The van der Waals surface area contributed by atoms with E-state index in [9.17, 15) is 0 Å². The number of hydrogen-bond donors (Lipinski definition) is 2. The number of ether oxygens (including phenoxy) is 1. The lowest BCUT2D eigenvalue weighted by molar-refractivity contribution is 0.299. The van der Waals surface area contributed by atoms with Gasteiger partial charge in [0.2, 0.25) is 0 Å². The smallest absolute Gasteiger partial charge is 0.133 e. The number of hydrogen-bond acceptors (Lipinski definition) is 3. The summed E-state index contributed by atoms with van der Waals surface area (Å²) in [5, 5.41) is 12.0. The SMILES string of the molecule is CNCc1ccc(Br)cc1Oc1ccc(CCO)cc1. The molecule has 4 heteroatoms. The maximum atomic E-state index is 8.91. The Balaban J connectivity index is 2.18. The van der Waals surface area contributed by atoms with Crippen LogP contribution in [0.4, 0.5) is 0 Å². The molecule has 3 nitrogen and oxygen atoms in total. The van der Waals surface area contributed by atoms with E-state index in [0.29, 0.717) is 6.42 Å². The summed E-state index contributed by atoms with van der Waals surface area (Å²) in [6.45, 7) is 0.920. The number of rotatable bonds is 6. The van der Waals surface area contributed by atoms with Gasteiger partial charge in [-0.3, -0.25) is 0 Å². The lowest BCUT2D eigenvalue weighted by Gasteiger charge is -2.12. The van der Waals surface area contributed by atoms with Crippen molar-refractivity contribution >= 4 is 15.9 Å². The zero-order valence-corrected chi connectivity index (χ0v) is 13.0. The van der Waals surface area contributed by atoms with Crippen molar-refractivity contribution in [3.05, 3.63) is 58.1 Å². The minimum Gasteiger partial charge on any atom is -0.457 e. The Hall–Kier alpha value is -1.36. The largest absolute Gasteiger partial charge is 0.457 e. The predicted molar refractivity (Wildman–Crippen MR) is 84.2 cm³/mol. The van der Waals surface area contributed by atoms with E-state index >= 15 is 0 Å². The molecule has 0 spiro atoms. The minimum atomic E-state index is 0.165. The van der Waals surface area contributed by atoms with Crippen LogP contribution in [0.2, 0.25) is 0 Å². The van der Waals surface area contributed by atoms with Crippen molar-refractivity contribution in [1.29, 1.82) is 0 Å². The number of nitrogens with one attached hydrogen (secondary N) is 1. The van der Waals surface area contributed by atoms with E-state index in [0.717, 1.165) is 33.6 Å². The number of benzene rings is 2. The van der Waals surface area contributed by atoms with Crippen molar-refractivity contribution in [3.63, 3.8) is 0 Å². The van der Waals surface area contributed by atoms with E-state index in [4.69, 9.17) is 9.84 Å². The normalized spacial score (nSPS) is 10.6. The maximum Gasteiger partial charge on any atom is 0.133 e. The molecule has 0 heterocycles. The highest BCUT2D eigenvalue weighted by Crippen LogP contribution is 2.28. The fourth-order valence-corrected chi connectivity index (χ4v) is 2.28. The van der Waals surface area contributed by atoms with Gasteiger partial charge >= 0.3 is 0 Å². The average Bonchev–Trinajstić information content (AvgIpc) is 2.44. The van der Waals surface area contributed by atoms with Crippen LogP contribution in [0.25, 0.3) is 0 Å². The second-order valence-corrected chi connectivity index (χ2v) is 5.42. The van der Waals surface area contributed by atoms with Gasteiger partial charge in [0.25, 0.3) is 0 Å². The highest BCUT2D eigenvalue weighted by molar-refractivity contribution is 9.10. The molecule has 0 fully saturated rings. The first-order chi connectivity index (χ1) is 9.72. The maximum absolute atomic E-state index is 8.91. The first-order valence-corrected chi connectivity index (χ1v) is 7.33. The fraction of sp³-hybridized carbons (Fsp3) is 0.250. The molecule has 2 rings (SSSR count). The van der Waals surface area contributed by atoms with Crippen molar-refractivity contribution in [2.24, 2.45) is 0 Å². The van der Waals surface area contributed by atoms with Crippen LogP contribution in [0.1, 0.15) is 11.1 Å². The molecule has 2 aromatic carbocycles. The van der Waals surface area contributed by atoms with Crippen molar-refractivity contribution in [2.45, 2.75) is 13.0 Å². The molecule has 0 amide bonds. The zero-order chi connectivity index (χ0) is 14.4. The molecule has 0 unspecified atom stereocenters. The summed E-state index contributed by atoms with van der Waals surface area (Å²) < 4.78 is 6.93. The van der Waals surface area contributed by atoms with Gasteiger partial charge in [0.1, 0.15) is 11.5 Å². The highest BCUT2D eigenvalue weighted by Gasteiger charge is 2.05. The van der Waals surface area contributed by atoms with Crippen LogP contribution in [0.3, 0.4) is 0 Å². The van der Waals surface area contributed by atoms with Crippen molar-refractivity contribution in [2.75, 3.05) is 13.7 Å². The van der Waals surface area contributed by atoms with Crippen LogP contribution in [-0.4, -0.2) is 18.8 Å². The zero-order valence-electron chi connectivity index (χ0n) is 11.4. The molecule has 20 heavy (non-hydrogen) atoms. The molecule has 0 bridgehead atoms. The van der Waals surface area contributed by atoms with Gasteiger partial charge in [-0.05, 0) is 43.3 Å². The third-order valence-electron chi connectivity index (χ3n) is 2.95. The number of aliphatic hydroxyl groups excluding tert-OH is 1. The summed E-state index contributed by atoms with van der Waals surface area (Å²) in [7, 11) is 1.91. The first kappa shape index (κ1) is 15.0. The van der Waals surface area contributed by atoms with E-state index in [1.165, 1.54) is 0 Å². The van der Waals surface area contributed by atoms with Crippen LogP contribution < -0.4 is 10.1 Å². The lowest BCUT2D eigenvalue weighted by atomic mass is 10.1. The van der Waals surface area contributed by atoms with Crippen LogP contribution in [0.5, 0.6) is 11.5 Å². The van der Waals surface area contributed by atoms with Gasteiger partial charge in [-0.1, -0.05) is 34.1 Å². The molecule has 0 aliphatic carbocycles. The monoisotopic (exact) mass is 335 g/mol. The second kappa shape index (κ2) is 7.43. The summed E-state index contributed by atoms with van der Waals surface area (Å²) in [6.07, 6.45) is 0.669. The molecule has 0 radical (unpaired) electrons. The van der Waals surface area contributed by atoms with Crippen LogP contribution in [0, 0.1) is 0 Å². The quantitative estimate of drug-likeness (QED) is 0.848. The number of halogens is 1. The van der Waals surface area contributed by atoms with Crippen molar-refractivity contribution in [3.8, 4) is 11.5 Å². The third kappa shape index (κ3) is 4.07. The van der Waals surface area contributed by atoms with E-state index in [1.807, 2.05) is 49.5 Å². The molecule has 0 aliphatic rings. The topological polar surface area (TPSA) is 41.5 Å². The molecule has 0 aromatic heterocycles. The Morgan fingerprint density at radius 1 is 1.15 bits per heavy atom. The van der Waals surface area contributed by atoms with E-state index in [1.54, 1.807) is 0 Å². The molecule has 0 saturated heterocycles. The molecule has 106 valence electrons. The molecular formula is C16H18BrNO2. The van der Waals surface area contributed by atoms with Crippen molar-refractivity contribution < 1.29 is 9.84 Å². The highest BCUT2D eigenvalue weighted by atomic mass is 79.9. The molecule has 0 saturated carbocycles. The number of aliphatic hydroxyl groups is 1. The lowest BCUT2D eigenvalue weighted by Crippen LogP contribution is -2.06. The predicted octanol–water partition coefficient (Wildman–Crippen LogP) is 3.50. The Morgan fingerprint density at radius 3 is 2.55 bits per heavy atom. The van der Waals surface area contributed by atoms with Gasteiger partial charge < -0.3 is 15.2 Å².